The fraction of sp³-hybridized carbons (Fsp3) is 0.667. The van der Waals surface area contributed by atoms with Crippen LogP contribution in [-0.4, -0.2) is 28.7 Å². The molecule has 5 heteroatoms. The van der Waals surface area contributed by atoms with Crippen molar-refractivity contribution in [2.24, 2.45) is 5.92 Å². The number of aromatic nitrogens is 2. The van der Waals surface area contributed by atoms with Gasteiger partial charge in [0.25, 0.3) is 0 Å². The number of aryl methyl sites for hydroxylation is 2. The Kier molecular flexibility index (Phi) is 3.84. The van der Waals surface area contributed by atoms with Gasteiger partial charge < -0.3 is 5.32 Å². The third-order valence-electron chi connectivity index (χ3n) is 3.27. The Morgan fingerprint density at radius 2 is 2.24 bits per heavy atom. The minimum absolute atomic E-state index is 0.163. The number of rotatable bonds is 5. The average Bonchev–Trinajstić information content (AvgIpc) is 2.53. The van der Waals surface area contributed by atoms with Crippen LogP contribution in [-0.2, 0) is 24.2 Å². The maximum absolute atomic E-state index is 12.0. The van der Waals surface area contributed by atoms with Crippen LogP contribution in [0.25, 0.3) is 0 Å². The molecular weight excluding hydrogens is 238 g/mol. The summed E-state index contributed by atoms with van der Waals surface area (Å²) in [6.07, 6.45) is 1.21. The van der Waals surface area contributed by atoms with Gasteiger partial charge in [0.1, 0.15) is 5.78 Å². The quantitative estimate of drug-likeness (QED) is 0.866. The first-order valence-corrected chi connectivity index (χ1v) is 6.52. The van der Waals surface area contributed by atoms with E-state index in [2.05, 4.69) is 10.4 Å². The fourth-order valence-electron chi connectivity index (χ4n) is 2.01. The summed E-state index contributed by atoms with van der Waals surface area (Å²) in [6.45, 7) is 6.40. The van der Waals surface area contributed by atoms with E-state index in [1.54, 1.807) is 0 Å². The fourth-order valence-corrected chi connectivity index (χ4v) is 2.35. The molecule has 0 atom stereocenters. The zero-order valence-electron chi connectivity index (χ0n) is 10.3. The van der Waals surface area contributed by atoms with Crippen molar-refractivity contribution in [1.29, 1.82) is 0 Å². The van der Waals surface area contributed by atoms with E-state index in [1.165, 1.54) is 0 Å². The van der Waals surface area contributed by atoms with Crippen molar-refractivity contribution in [2.75, 3.05) is 13.1 Å². The van der Waals surface area contributed by atoms with E-state index in [4.69, 9.17) is 11.6 Å². The van der Waals surface area contributed by atoms with Crippen molar-refractivity contribution in [3.8, 4) is 0 Å². The summed E-state index contributed by atoms with van der Waals surface area (Å²) in [5.41, 5.74) is 1.77. The van der Waals surface area contributed by atoms with E-state index in [0.717, 1.165) is 37.4 Å². The molecule has 17 heavy (non-hydrogen) atoms. The van der Waals surface area contributed by atoms with Crippen LogP contribution < -0.4 is 5.32 Å². The van der Waals surface area contributed by atoms with Gasteiger partial charge in [-0.25, -0.2) is 0 Å². The van der Waals surface area contributed by atoms with E-state index in [1.807, 2.05) is 18.5 Å². The molecule has 0 saturated carbocycles. The molecule has 1 N–H and O–H groups in total. The number of carbonyl (C=O) groups excluding carboxylic acids is 1. The van der Waals surface area contributed by atoms with Gasteiger partial charge in [-0.05, 0) is 13.3 Å². The lowest BCUT2D eigenvalue weighted by Gasteiger charge is -2.25. The molecule has 1 aromatic heterocycles. The summed E-state index contributed by atoms with van der Waals surface area (Å²) < 4.78 is 1.85. The summed E-state index contributed by atoms with van der Waals surface area (Å²) in [5.74, 6) is 0.430. The summed E-state index contributed by atoms with van der Waals surface area (Å²) in [7, 11) is 0. The standard InChI is InChI=1S/C12H18ClN3O/c1-3-9-12(13)10(16(4-2)15-9)5-11(17)8-6-14-7-8/h8,14H,3-7H2,1-2H3. The normalized spacial score (nSPS) is 15.9. The van der Waals surface area contributed by atoms with Gasteiger partial charge in [-0.1, -0.05) is 18.5 Å². The van der Waals surface area contributed by atoms with Crippen LogP contribution in [0, 0.1) is 5.92 Å². The third-order valence-corrected chi connectivity index (χ3v) is 3.71. The van der Waals surface area contributed by atoms with Crippen LogP contribution >= 0.6 is 11.6 Å². The Morgan fingerprint density at radius 1 is 1.53 bits per heavy atom. The first-order valence-electron chi connectivity index (χ1n) is 6.14. The Balaban J connectivity index is 2.18. The molecule has 0 aliphatic carbocycles. The zero-order valence-corrected chi connectivity index (χ0v) is 11.0. The van der Waals surface area contributed by atoms with Crippen LogP contribution in [0.2, 0.25) is 5.02 Å². The molecule has 2 rings (SSSR count). The van der Waals surface area contributed by atoms with Crippen LogP contribution in [0.3, 0.4) is 0 Å². The molecule has 0 aromatic carbocycles. The molecule has 2 heterocycles. The minimum Gasteiger partial charge on any atom is -0.315 e. The van der Waals surface area contributed by atoms with Crippen molar-refractivity contribution < 1.29 is 4.79 Å². The Morgan fingerprint density at radius 3 is 2.71 bits per heavy atom. The number of carbonyl (C=O) groups is 1. The monoisotopic (exact) mass is 255 g/mol. The van der Waals surface area contributed by atoms with Crippen LogP contribution in [0.5, 0.6) is 0 Å². The number of hydrogen-bond donors (Lipinski definition) is 1. The van der Waals surface area contributed by atoms with Crippen LogP contribution in [0.1, 0.15) is 25.2 Å². The predicted octanol–water partition coefficient (Wildman–Crippen LogP) is 1.45. The minimum atomic E-state index is 0.163. The van der Waals surface area contributed by atoms with Crippen molar-refractivity contribution in [2.45, 2.75) is 33.2 Å². The number of nitrogens with one attached hydrogen (secondary N) is 1. The molecule has 0 amide bonds. The van der Waals surface area contributed by atoms with E-state index < -0.39 is 0 Å². The summed E-state index contributed by atoms with van der Waals surface area (Å²) in [5, 5.41) is 8.21. The number of Topliss-reactive ketones (excluding diaryl/α,β-unsaturated/α-hetero) is 1. The Labute approximate surface area is 106 Å². The predicted molar refractivity (Wildman–Crippen MR) is 67.4 cm³/mol. The Bertz CT molecular complexity index is 424. The molecule has 0 radical (unpaired) electrons. The van der Waals surface area contributed by atoms with Crippen molar-refractivity contribution >= 4 is 17.4 Å². The van der Waals surface area contributed by atoms with Gasteiger partial charge in [0, 0.05) is 25.6 Å². The van der Waals surface area contributed by atoms with Gasteiger partial charge in [0.05, 0.1) is 22.8 Å². The molecule has 1 aliphatic rings. The molecular formula is C12H18ClN3O. The highest BCUT2D eigenvalue weighted by Gasteiger charge is 2.27. The summed E-state index contributed by atoms with van der Waals surface area (Å²) in [4.78, 5) is 12.0. The zero-order chi connectivity index (χ0) is 12.4. The van der Waals surface area contributed by atoms with Gasteiger partial charge >= 0.3 is 0 Å². The molecule has 94 valence electrons. The van der Waals surface area contributed by atoms with Gasteiger partial charge in [0.2, 0.25) is 0 Å². The Hall–Kier alpha value is -0.870. The lowest BCUT2D eigenvalue weighted by molar-refractivity contribution is -0.123. The number of nitrogens with zero attached hydrogens (tertiary/aromatic N) is 2. The van der Waals surface area contributed by atoms with Gasteiger partial charge in [-0.2, -0.15) is 5.10 Å². The maximum Gasteiger partial charge on any atom is 0.144 e. The van der Waals surface area contributed by atoms with Gasteiger partial charge in [-0.3, -0.25) is 9.48 Å². The molecule has 1 saturated heterocycles. The maximum atomic E-state index is 12.0. The second-order valence-electron chi connectivity index (χ2n) is 4.37. The van der Waals surface area contributed by atoms with Crippen molar-refractivity contribution in [3.05, 3.63) is 16.4 Å². The van der Waals surface area contributed by atoms with Crippen LogP contribution in [0.4, 0.5) is 0 Å². The molecule has 1 aliphatic heterocycles. The first kappa shape index (κ1) is 12.6. The molecule has 0 spiro atoms. The molecule has 0 bridgehead atoms. The van der Waals surface area contributed by atoms with E-state index in [0.29, 0.717) is 11.4 Å². The van der Waals surface area contributed by atoms with E-state index in [9.17, 15) is 4.79 Å². The highest BCUT2D eigenvalue weighted by atomic mass is 35.5. The topological polar surface area (TPSA) is 46.9 Å². The van der Waals surface area contributed by atoms with E-state index in [-0.39, 0.29) is 11.7 Å². The molecule has 0 unspecified atom stereocenters. The smallest absolute Gasteiger partial charge is 0.144 e. The lowest BCUT2D eigenvalue weighted by atomic mass is 9.95. The van der Waals surface area contributed by atoms with Gasteiger partial charge in [-0.15, -0.1) is 0 Å². The summed E-state index contributed by atoms with van der Waals surface area (Å²) >= 11 is 6.27. The molecule has 4 nitrogen and oxygen atoms in total. The SMILES string of the molecule is CCc1nn(CC)c(CC(=O)C2CNC2)c1Cl. The number of ketones is 1. The molecule has 1 fully saturated rings. The first-order chi connectivity index (χ1) is 8.17. The third kappa shape index (κ3) is 2.38. The second-order valence-corrected chi connectivity index (χ2v) is 4.75. The highest BCUT2D eigenvalue weighted by molar-refractivity contribution is 6.32. The number of halogens is 1. The van der Waals surface area contributed by atoms with Crippen molar-refractivity contribution in [1.82, 2.24) is 15.1 Å². The van der Waals surface area contributed by atoms with E-state index >= 15 is 0 Å². The van der Waals surface area contributed by atoms with Crippen molar-refractivity contribution in [3.63, 3.8) is 0 Å². The highest BCUT2D eigenvalue weighted by Crippen LogP contribution is 2.23. The second kappa shape index (κ2) is 5.19. The summed E-state index contributed by atoms with van der Waals surface area (Å²) in [6, 6.07) is 0. The van der Waals surface area contributed by atoms with Crippen LogP contribution in [0.15, 0.2) is 0 Å². The van der Waals surface area contributed by atoms with Gasteiger partial charge in [0.15, 0.2) is 0 Å². The average molecular weight is 256 g/mol. The largest absolute Gasteiger partial charge is 0.315 e. The number of hydrogen-bond acceptors (Lipinski definition) is 3. The molecule has 1 aromatic rings. The lowest BCUT2D eigenvalue weighted by Crippen LogP contribution is -2.47.